The zero-order valence-corrected chi connectivity index (χ0v) is 14.3. The summed E-state index contributed by atoms with van der Waals surface area (Å²) in [6.45, 7) is -2.63. The lowest BCUT2D eigenvalue weighted by atomic mass is 9.97. The number of hydrogen-bond acceptors (Lipinski definition) is 5. The zero-order chi connectivity index (χ0) is 18.6. The summed E-state index contributed by atoms with van der Waals surface area (Å²) in [5.74, 6) is -2.44. The molecule has 1 aliphatic rings. The number of hydrogen-bond donors (Lipinski definition) is 1. The van der Waals surface area contributed by atoms with E-state index in [9.17, 15) is 23.2 Å². The van der Waals surface area contributed by atoms with Gasteiger partial charge in [0.2, 0.25) is 5.91 Å². The number of aliphatic carboxylic acids is 1. The van der Waals surface area contributed by atoms with E-state index in [1.54, 1.807) is 0 Å². The van der Waals surface area contributed by atoms with Crippen molar-refractivity contribution in [2.24, 2.45) is 5.92 Å². The summed E-state index contributed by atoms with van der Waals surface area (Å²) in [6, 6.07) is 1.27. The van der Waals surface area contributed by atoms with Gasteiger partial charge in [-0.2, -0.15) is 8.78 Å². The fraction of sp³-hybridized carbons (Fsp3) is 0.533. The van der Waals surface area contributed by atoms with Crippen LogP contribution in [0.15, 0.2) is 11.4 Å². The topological polar surface area (TPSA) is 87.2 Å². The predicted octanol–water partition coefficient (Wildman–Crippen LogP) is 1.74. The number of halogens is 2. The number of likely N-dealkylation sites (N-methyl/N-ethyl adjacent to an activating group) is 1. The summed E-state index contributed by atoms with van der Waals surface area (Å²) in [7, 11) is 1.40. The highest BCUT2D eigenvalue weighted by atomic mass is 32.1. The number of alkyl halides is 2. The lowest BCUT2D eigenvalue weighted by Gasteiger charge is -2.31. The number of ether oxygens (including phenoxy) is 1. The van der Waals surface area contributed by atoms with Gasteiger partial charge < -0.3 is 19.6 Å². The molecule has 1 fully saturated rings. The van der Waals surface area contributed by atoms with E-state index in [0.29, 0.717) is 25.9 Å². The van der Waals surface area contributed by atoms with E-state index in [1.165, 1.54) is 23.4 Å². The van der Waals surface area contributed by atoms with Gasteiger partial charge in [-0.15, -0.1) is 11.3 Å². The molecule has 7 nitrogen and oxygen atoms in total. The van der Waals surface area contributed by atoms with Crippen LogP contribution >= 0.6 is 11.3 Å². The Kier molecular flexibility index (Phi) is 6.29. The maximum atomic E-state index is 12.3. The van der Waals surface area contributed by atoms with Gasteiger partial charge >= 0.3 is 12.6 Å². The van der Waals surface area contributed by atoms with E-state index in [2.05, 4.69) is 4.74 Å². The molecule has 25 heavy (non-hydrogen) atoms. The summed E-state index contributed by atoms with van der Waals surface area (Å²) in [4.78, 5) is 38.1. The highest BCUT2D eigenvalue weighted by Gasteiger charge is 2.29. The summed E-state index contributed by atoms with van der Waals surface area (Å²) >= 11 is 0.954. The third kappa shape index (κ3) is 4.88. The van der Waals surface area contributed by atoms with E-state index < -0.39 is 24.4 Å². The molecule has 2 rings (SSSR count). The van der Waals surface area contributed by atoms with Crippen molar-refractivity contribution in [3.8, 4) is 5.75 Å². The van der Waals surface area contributed by atoms with Crippen LogP contribution in [0, 0.1) is 5.92 Å². The van der Waals surface area contributed by atoms with Gasteiger partial charge in [0.1, 0.15) is 10.6 Å². The molecule has 2 amide bonds. The highest BCUT2D eigenvalue weighted by Crippen LogP contribution is 2.27. The number of rotatable bonds is 6. The summed E-state index contributed by atoms with van der Waals surface area (Å²) in [6.07, 6.45) is 0.742. The molecule has 0 bridgehead atoms. The first-order chi connectivity index (χ1) is 11.8. The molecule has 0 radical (unpaired) electrons. The second-order valence-electron chi connectivity index (χ2n) is 5.65. The number of thiophene rings is 1. The van der Waals surface area contributed by atoms with Crippen LogP contribution in [-0.4, -0.2) is 66.0 Å². The third-order valence-electron chi connectivity index (χ3n) is 3.96. The van der Waals surface area contributed by atoms with Gasteiger partial charge in [-0.25, -0.2) is 0 Å². The van der Waals surface area contributed by atoms with Crippen molar-refractivity contribution in [2.45, 2.75) is 19.5 Å². The average Bonchev–Trinajstić information content (AvgIpc) is 3.01. The number of carbonyl (C=O) groups excluding carboxylic acids is 2. The fourth-order valence-corrected chi connectivity index (χ4v) is 3.38. The van der Waals surface area contributed by atoms with E-state index in [0.717, 1.165) is 16.2 Å². The fourth-order valence-electron chi connectivity index (χ4n) is 2.57. The van der Waals surface area contributed by atoms with Crippen LogP contribution in [-0.2, 0) is 9.59 Å². The molecule has 1 aromatic heterocycles. The number of amides is 2. The molecular formula is C15H18F2N2O5S. The molecule has 1 aliphatic heterocycles. The second-order valence-corrected chi connectivity index (χ2v) is 6.56. The maximum absolute atomic E-state index is 12.3. The Hall–Kier alpha value is -2.23. The number of carboxylic acids is 1. The Morgan fingerprint density at radius 1 is 1.40 bits per heavy atom. The minimum absolute atomic E-state index is 0.000172. The molecule has 1 N–H and O–H groups in total. The standard InChI is InChI=1S/C15H18F2N2O5S/c1-18(13(21)12-10(4-7-25-12)24-15(16)17)8-11(20)19-5-2-9(3-6-19)14(22)23/h4,7,9,15H,2-3,5-6,8H2,1H3,(H,22,23). The van der Waals surface area contributed by atoms with E-state index in [4.69, 9.17) is 5.11 Å². The Morgan fingerprint density at radius 2 is 2.04 bits per heavy atom. The lowest BCUT2D eigenvalue weighted by Crippen LogP contribution is -2.45. The van der Waals surface area contributed by atoms with Crippen LogP contribution in [0.4, 0.5) is 8.78 Å². The Morgan fingerprint density at radius 3 is 2.60 bits per heavy atom. The highest BCUT2D eigenvalue weighted by molar-refractivity contribution is 7.12. The molecule has 138 valence electrons. The van der Waals surface area contributed by atoms with Crippen LogP contribution in [0.2, 0.25) is 0 Å². The van der Waals surface area contributed by atoms with Crippen molar-refractivity contribution in [2.75, 3.05) is 26.7 Å². The van der Waals surface area contributed by atoms with Gasteiger partial charge in [-0.05, 0) is 24.3 Å². The quantitative estimate of drug-likeness (QED) is 0.817. The number of carbonyl (C=O) groups is 3. The largest absolute Gasteiger partial charge is 0.481 e. The van der Waals surface area contributed by atoms with Crippen LogP contribution in [0.3, 0.4) is 0 Å². The number of carboxylic acid groups (broad SMARTS) is 1. The van der Waals surface area contributed by atoms with Gasteiger partial charge in [0.05, 0.1) is 12.5 Å². The normalized spacial score (nSPS) is 15.3. The molecule has 1 aromatic rings. The van der Waals surface area contributed by atoms with Crippen molar-refractivity contribution in [1.82, 2.24) is 9.80 Å². The third-order valence-corrected chi connectivity index (χ3v) is 4.84. The second kappa shape index (κ2) is 8.24. The first-order valence-electron chi connectivity index (χ1n) is 7.58. The summed E-state index contributed by atoms with van der Waals surface area (Å²) in [5, 5.41) is 10.4. The van der Waals surface area contributed by atoms with Crippen LogP contribution in [0.25, 0.3) is 0 Å². The van der Waals surface area contributed by atoms with E-state index >= 15 is 0 Å². The number of piperidine rings is 1. The number of nitrogens with zero attached hydrogens (tertiary/aromatic N) is 2. The molecular weight excluding hydrogens is 358 g/mol. The Labute approximate surface area is 146 Å². The van der Waals surface area contributed by atoms with Crippen molar-refractivity contribution in [3.05, 3.63) is 16.3 Å². The van der Waals surface area contributed by atoms with Gasteiger partial charge in [0.25, 0.3) is 5.91 Å². The van der Waals surface area contributed by atoms with Gasteiger partial charge in [-0.3, -0.25) is 14.4 Å². The molecule has 0 spiro atoms. The van der Waals surface area contributed by atoms with Crippen molar-refractivity contribution < 1.29 is 33.0 Å². The van der Waals surface area contributed by atoms with Crippen LogP contribution in [0.5, 0.6) is 5.75 Å². The summed E-state index contributed by atoms with van der Waals surface area (Å²) < 4.78 is 29.0. The Bertz CT molecular complexity index is 644. The van der Waals surface area contributed by atoms with Gasteiger partial charge in [0.15, 0.2) is 0 Å². The number of likely N-dealkylation sites (tertiary alicyclic amines) is 1. The minimum atomic E-state index is -3.04. The summed E-state index contributed by atoms with van der Waals surface area (Å²) in [5.41, 5.74) is 0. The van der Waals surface area contributed by atoms with E-state index in [1.807, 2.05) is 0 Å². The molecule has 0 aromatic carbocycles. The molecule has 1 saturated heterocycles. The maximum Gasteiger partial charge on any atom is 0.387 e. The van der Waals surface area contributed by atoms with Crippen molar-refractivity contribution >= 4 is 29.1 Å². The molecule has 0 saturated carbocycles. The first-order valence-corrected chi connectivity index (χ1v) is 8.46. The van der Waals surface area contributed by atoms with Crippen LogP contribution in [0.1, 0.15) is 22.5 Å². The van der Waals surface area contributed by atoms with Crippen molar-refractivity contribution in [1.29, 1.82) is 0 Å². The molecule has 2 heterocycles. The monoisotopic (exact) mass is 376 g/mol. The smallest absolute Gasteiger partial charge is 0.387 e. The average molecular weight is 376 g/mol. The van der Waals surface area contributed by atoms with Gasteiger partial charge in [0, 0.05) is 20.1 Å². The first kappa shape index (κ1) is 19.1. The van der Waals surface area contributed by atoms with Crippen molar-refractivity contribution in [3.63, 3.8) is 0 Å². The molecule has 0 aliphatic carbocycles. The van der Waals surface area contributed by atoms with Gasteiger partial charge in [-0.1, -0.05) is 0 Å². The molecule has 0 unspecified atom stereocenters. The minimum Gasteiger partial charge on any atom is -0.481 e. The van der Waals surface area contributed by atoms with Crippen LogP contribution < -0.4 is 4.74 Å². The SMILES string of the molecule is CN(CC(=O)N1CCC(C(=O)O)CC1)C(=O)c1sccc1OC(F)F. The molecule has 10 heteroatoms. The zero-order valence-electron chi connectivity index (χ0n) is 13.5. The lowest BCUT2D eigenvalue weighted by molar-refractivity contribution is -0.145. The van der Waals surface area contributed by atoms with E-state index in [-0.39, 0.29) is 23.1 Å². The Balaban J connectivity index is 1.92. The predicted molar refractivity (Wildman–Crippen MR) is 84.9 cm³/mol. The molecule has 0 atom stereocenters.